The minimum absolute atomic E-state index is 0.0235. The van der Waals surface area contributed by atoms with Gasteiger partial charge in [0.2, 0.25) is 11.8 Å². The molecule has 6 nitrogen and oxygen atoms in total. The van der Waals surface area contributed by atoms with Gasteiger partial charge >= 0.3 is 0 Å². The first-order valence-electron chi connectivity index (χ1n) is 8.89. The van der Waals surface area contributed by atoms with Crippen LogP contribution < -0.4 is 10.6 Å². The summed E-state index contributed by atoms with van der Waals surface area (Å²) in [6, 6.07) is -0.0235. The van der Waals surface area contributed by atoms with Crippen LogP contribution >= 0.6 is 11.3 Å². The monoisotopic (exact) mass is 350 g/mol. The van der Waals surface area contributed by atoms with Gasteiger partial charge in [-0.25, -0.2) is 4.98 Å². The van der Waals surface area contributed by atoms with E-state index in [1.807, 2.05) is 10.3 Å². The first-order valence-corrected chi connectivity index (χ1v) is 9.77. The fourth-order valence-corrected chi connectivity index (χ4v) is 4.10. The van der Waals surface area contributed by atoms with Gasteiger partial charge in [0.1, 0.15) is 0 Å². The van der Waals surface area contributed by atoms with Crippen molar-refractivity contribution < 1.29 is 9.59 Å². The second-order valence-corrected chi connectivity index (χ2v) is 7.65. The third-order valence-electron chi connectivity index (χ3n) is 4.85. The minimum atomic E-state index is -0.0235. The highest BCUT2D eigenvalue weighted by Crippen LogP contribution is 2.18. The molecule has 2 amide bonds. The highest BCUT2D eigenvalue weighted by atomic mass is 32.1. The Hall–Kier alpha value is -1.47. The lowest BCUT2D eigenvalue weighted by atomic mass is 9.97. The van der Waals surface area contributed by atoms with Gasteiger partial charge in [0.15, 0.2) is 0 Å². The molecule has 24 heavy (non-hydrogen) atoms. The molecule has 0 aliphatic carbocycles. The van der Waals surface area contributed by atoms with E-state index in [-0.39, 0.29) is 17.9 Å². The molecule has 2 unspecified atom stereocenters. The number of nitrogens with zero attached hydrogens (tertiary/aromatic N) is 2. The van der Waals surface area contributed by atoms with E-state index in [1.165, 1.54) is 0 Å². The number of piperidine rings is 1. The summed E-state index contributed by atoms with van der Waals surface area (Å²) in [5.74, 6) is 0.686. The predicted molar refractivity (Wildman–Crippen MR) is 93.8 cm³/mol. The molecule has 2 aliphatic heterocycles. The molecule has 2 fully saturated rings. The number of amides is 2. The van der Waals surface area contributed by atoms with Crippen LogP contribution in [0.1, 0.15) is 37.1 Å². The molecule has 3 heterocycles. The van der Waals surface area contributed by atoms with Gasteiger partial charge in [-0.2, -0.15) is 0 Å². The van der Waals surface area contributed by atoms with Gasteiger partial charge in [-0.1, -0.05) is 0 Å². The fourth-order valence-electron chi connectivity index (χ4n) is 3.48. The lowest BCUT2D eigenvalue weighted by Crippen LogP contribution is -2.46. The molecule has 1 aromatic heterocycles. The number of rotatable bonds is 6. The van der Waals surface area contributed by atoms with Crippen LogP contribution in [0.15, 0.2) is 11.6 Å². The third kappa shape index (κ3) is 4.77. The van der Waals surface area contributed by atoms with E-state index in [1.54, 1.807) is 17.5 Å². The van der Waals surface area contributed by atoms with E-state index in [2.05, 4.69) is 15.6 Å². The largest absolute Gasteiger partial charge is 0.354 e. The molecule has 3 rings (SSSR count). The maximum absolute atomic E-state index is 12.4. The molecule has 0 saturated carbocycles. The highest BCUT2D eigenvalue weighted by Gasteiger charge is 2.26. The lowest BCUT2D eigenvalue weighted by molar-refractivity contribution is -0.132. The molecule has 2 N–H and O–H groups in total. The van der Waals surface area contributed by atoms with Crippen molar-refractivity contribution in [3.8, 4) is 0 Å². The summed E-state index contributed by atoms with van der Waals surface area (Å²) in [5.41, 5.74) is 0. The topological polar surface area (TPSA) is 74.3 Å². The molecular weight excluding hydrogens is 324 g/mol. The standard InChI is InChI=1S/C17H26N4O2S/c22-16(6-5-15-19-8-10-24-15)21-9-2-3-13(12-21)11-20-17(23)14-4-1-7-18-14/h8,10,13-14,18H,1-7,9,11-12H2,(H,20,23). The maximum Gasteiger partial charge on any atom is 0.237 e. The van der Waals surface area contributed by atoms with Crippen LogP contribution in [0.3, 0.4) is 0 Å². The van der Waals surface area contributed by atoms with Crippen molar-refractivity contribution >= 4 is 23.2 Å². The Labute approximate surface area is 147 Å². The molecule has 7 heteroatoms. The molecule has 0 bridgehead atoms. The van der Waals surface area contributed by atoms with Crippen LogP contribution in [0.25, 0.3) is 0 Å². The average molecular weight is 350 g/mol. The SMILES string of the molecule is O=C(NCC1CCCN(C(=O)CCc2nccs2)C1)C1CCCN1. The van der Waals surface area contributed by atoms with Crippen LogP contribution in [0.4, 0.5) is 0 Å². The number of carbonyl (C=O) groups excluding carboxylic acids is 2. The van der Waals surface area contributed by atoms with Gasteiger partial charge in [-0.05, 0) is 38.1 Å². The van der Waals surface area contributed by atoms with Gasteiger partial charge < -0.3 is 15.5 Å². The Morgan fingerprint density at radius 2 is 2.29 bits per heavy atom. The summed E-state index contributed by atoms with van der Waals surface area (Å²) in [6.07, 6.45) is 7.13. The Bertz CT molecular complexity index is 543. The molecule has 132 valence electrons. The molecule has 2 aliphatic rings. The quantitative estimate of drug-likeness (QED) is 0.808. The van der Waals surface area contributed by atoms with Crippen molar-refractivity contribution in [3.05, 3.63) is 16.6 Å². The zero-order chi connectivity index (χ0) is 16.8. The molecule has 1 aromatic rings. The highest BCUT2D eigenvalue weighted by molar-refractivity contribution is 7.09. The Morgan fingerprint density at radius 1 is 1.38 bits per heavy atom. The van der Waals surface area contributed by atoms with Gasteiger partial charge in [0.05, 0.1) is 11.0 Å². The fraction of sp³-hybridized carbons (Fsp3) is 0.706. The summed E-state index contributed by atoms with van der Waals surface area (Å²) in [6.45, 7) is 3.20. The van der Waals surface area contributed by atoms with Crippen molar-refractivity contribution in [2.75, 3.05) is 26.2 Å². The van der Waals surface area contributed by atoms with Gasteiger partial charge in [-0.3, -0.25) is 9.59 Å². The first kappa shape index (κ1) is 17.4. The molecule has 0 radical (unpaired) electrons. The normalized spacial score (nSPS) is 24.1. The van der Waals surface area contributed by atoms with Gasteiger partial charge in [0.25, 0.3) is 0 Å². The first-order chi connectivity index (χ1) is 11.7. The zero-order valence-electron chi connectivity index (χ0n) is 14.0. The summed E-state index contributed by atoms with van der Waals surface area (Å²) >= 11 is 1.60. The number of thiazole rings is 1. The predicted octanol–water partition coefficient (Wildman–Crippen LogP) is 1.18. The number of hydrogen-bond acceptors (Lipinski definition) is 5. The number of carbonyl (C=O) groups is 2. The zero-order valence-corrected chi connectivity index (χ0v) is 14.8. The number of hydrogen-bond donors (Lipinski definition) is 2. The van der Waals surface area contributed by atoms with E-state index in [0.717, 1.165) is 56.7 Å². The van der Waals surface area contributed by atoms with Crippen molar-refractivity contribution in [1.82, 2.24) is 20.5 Å². The van der Waals surface area contributed by atoms with E-state index in [4.69, 9.17) is 0 Å². The van der Waals surface area contributed by atoms with Gasteiger partial charge in [0, 0.05) is 44.1 Å². The van der Waals surface area contributed by atoms with Crippen LogP contribution in [0, 0.1) is 5.92 Å². The summed E-state index contributed by atoms with van der Waals surface area (Å²) in [5, 5.41) is 9.24. The van der Waals surface area contributed by atoms with Crippen LogP contribution in [-0.2, 0) is 16.0 Å². The van der Waals surface area contributed by atoms with E-state index < -0.39 is 0 Å². The molecular formula is C17H26N4O2S. The Morgan fingerprint density at radius 3 is 3.04 bits per heavy atom. The Balaban J connectivity index is 1.40. The second-order valence-electron chi connectivity index (χ2n) is 6.67. The number of aryl methyl sites for hydroxylation is 1. The Kier molecular flexibility index (Phi) is 6.20. The van der Waals surface area contributed by atoms with E-state index in [0.29, 0.717) is 18.9 Å². The number of likely N-dealkylation sites (tertiary alicyclic amines) is 1. The third-order valence-corrected chi connectivity index (χ3v) is 5.69. The molecule has 0 aromatic carbocycles. The van der Waals surface area contributed by atoms with Crippen LogP contribution in [0.2, 0.25) is 0 Å². The van der Waals surface area contributed by atoms with Crippen LogP contribution in [0.5, 0.6) is 0 Å². The second kappa shape index (κ2) is 8.58. The minimum Gasteiger partial charge on any atom is -0.354 e. The molecule has 2 saturated heterocycles. The number of nitrogens with one attached hydrogen (secondary N) is 2. The summed E-state index contributed by atoms with van der Waals surface area (Å²) in [4.78, 5) is 30.7. The summed E-state index contributed by atoms with van der Waals surface area (Å²) < 4.78 is 0. The maximum atomic E-state index is 12.4. The molecule has 0 spiro atoms. The van der Waals surface area contributed by atoms with Crippen molar-refractivity contribution in [1.29, 1.82) is 0 Å². The summed E-state index contributed by atoms with van der Waals surface area (Å²) in [7, 11) is 0. The lowest BCUT2D eigenvalue weighted by Gasteiger charge is -2.33. The number of aromatic nitrogens is 1. The van der Waals surface area contributed by atoms with Crippen molar-refractivity contribution in [2.45, 2.75) is 44.6 Å². The van der Waals surface area contributed by atoms with Crippen molar-refractivity contribution in [2.24, 2.45) is 5.92 Å². The van der Waals surface area contributed by atoms with Crippen LogP contribution in [-0.4, -0.2) is 53.9 Å². The van der Waals surface area contributed by atoms with Crippen molar-refractivity contribution in [3.63, 3.8) is 0 Å². The van der Waals surface area contributed by atoms with E-state index >= 15 is 0 Å². The van der Waals surface area contributed by atoms with E-state index in [9.17, 15) is 9.59 Å². The average Bonchev–Trinajstić information content (AvgIpc) is 3.31. The van der Waals surface area contributed by atoms with Gasteiger partial charge in [-0.15, -0.1) is 11.3 Å². The smallest absolute Gasteiger partial charge is 0.237 e. The molecule has 2 atom stereocenters.